The van der Waals surface area contributed by atoms with Crippen LogP contribution in [-0.4, -0.2) is 31.2 Å². The number of halogens is 1. The lowest BCUT2D eigenvalue weighted by molar-refractivity contribution is -0.113. The van der Waals surface area contributed by atoms with Crippen molar-refractivity contribution in [1.29, 1.82) is 0 Å². The third-order valence-electron chi connectivity index (χ3n) is 3.97. The molecule has 0 spiro atoms. The molecule has 3 aromatic rings. The molecule has 1 N–H and O–H groups in total. The van der Waals surface area contributed by atoms with Gasteiger partial charge >= 0.3 is 0 Å². The second-order valence-corrected chi connectivity index (χ2v) is 7.52. The molecular weight excluding hydrogens is 381 g/mol. The van der Waals surface area contributed by atoms with Gasteiger partial charge in [0.1, 0.15) is 5.82 Å². The maximum atomic E-state index is 13.7. The minimum atomic E-state index is -0.506. The fourth-order valence-corrected chi connectivity index (χ4v) is 3.32. The average molecular weight is 401 g/mol. The van der Waals surface area contributed by atoms with Crippen molar-refractivity contribution >= 4 is 34.5 Å². The smallest absolute Gasteiger partial charge is 0.282 e. The van der Waals surface area contributed by atoms with Gasteiger partial charge in [0.2, 0.25) is 5.91 Å². The number of amides is 1. The van der Waals surface area contributed by atoms with Gasteiger partial charge in [0, 0.05) is 18.9 Å². The summed E-state index contributed by atoms with van der Waals surface area (Å²) in [6.45, 7) is 4.59. The summed E-state index contributed by atoms with van der Waals surface area (Å²) in [5.41, 5.74) is 0.273. The Morgan fingerprint density at radius 3 is 2.75 bits per heavy atom. The van der Waals surface area contributed by atoms with Gasteiger partial charge < -0.3 is 5.32 Å². The molecule has 146 valence electrons. The number of benzene rings is 1. The molecule has 1 aromatic carbocycles. The standard InChI is InChI=1S/C19H20FN5O2S/c1-12(2)7-10-25-18(27)16-17(22-9-8-21-16)24-19(25)28-11-15(26)23-14-6-4-3-5-13(14)20/h3-6,8-9,12H,7,10-11H2,1-2H3,(H,23,26). The number of hydrogen-bond donors (Lipinski definition) is 1. The number of rotatable bonds is 7. The maximum Gasteiger partial charge on any atom is 0.282 e. The van der Waals surface area contributed by atoms with Gasteiger partial charge in [0.25, 0.3) is 5.56 Å². The Morgan fingerprint density at radius 2 is 2.00 bits per heavy atom. The van der Waals surface area contributed by atoms with Gasteiger partial charge in [-0.3, -0.25) is 14.2 Å². The summed E-state index contributed by atoms with van der Waals surface area (Å²) < 4.78 is 15.2. The second-order valence-electron chi connectivity index (χ2n) is 6.58. The van der Waals surface area contributed by atoms with Gasteiger partial charge in [-0.2, -0.15) is 0 Å². The number of nitrogens with one attached hydrogen (secondary N) is 1. The average Bonchev–Trinajstić information content (AvgIpc) is 2.67. The van der Waals surface area contributed by atoms with Gasteiger partial charge in [-0.05, 0) is 24.5 Å². The van der Waals surface area contributed by atoms with E-state index in [0.717, 1.165) is 18.2 Å². The first-order chi connectivity index (χ1) is 13.5. The van der Waals surface area contributed by atoms with E-state index in [4.69, 9.17) is 0 Å². The van der Waals surface area contributed by atoms with Crippen molar-refractivity contribution in [3.8, 4) is 0 Å². The lowest BCUT2D eigenvalue weighted by Gasteiger charge is -2.13. The Morgan fingerprint density at radius 1 is 1.25 bits per heavy atom. The summed E-state index contributed by atoms with van der Waals surface area (Å²) in [5, 5.41) is 2.92. The van der Waals surface area contributed by atoms with E-state index in [-0.39, 0.29) is 34.1 Å². The SMILES string of the molecule is CC(C)CCn1c(SCC(=O)Nc2ccccc2F)nc2nccnc2c1=O. The molecule has 3 rings (SSSR count). The molecule has 0 fully saturated rings. The first-order valence-electron chi connectivity index (χ1n) is 8.84. The Hall–Kier alpha value is -2.81. The Bertz CT molecular complexity index is 1050. The van der Waals surface area contributed by atoms with Crippen LogP contribution in [0.1, 0.15) is 20.3 Å². The number of anilines is 1. The summed E-state index contributed by atoms with van der Waals surface area (Å²) in [5.74, 6) is -0.520. The third kappa shape index (κ3) is 4.72. The first kappa shape index (κ1) is 19.9. The van der Waals surface area contributed by atoms with Crippen molar-refractivity contribution in [2.75, 3.05) is 11.1 Å². The molecule has 2 aromatic heterocycles. The molecule has 0 bridgehead atoms. The van der Waals surface area contributed by atoms with E-state index >= 15 is 0 Å². The summed E-state index contributed by atoms with van der Waals surface area (Å²) in [4.78, 5) is 37.6. The third-order valence-corrected chi connectivity index (χ3v) is 4.95. The topological polar surface area (TPSA) is 89.8 Å². The monoisotopic (exact) mass is 401 g/mol. The van der Waals surface area contributed by atoms with Crippen LogP contribution in [0.5, 0.6) is 0 Å². The number of aromatic nitrogens is 4. The van der Waals surface area contributed by atoms with E-state index in [1.807, 2.05) is 0 Å². The molecule has 0 aliphatic carbocycles. The first-order valence-corrected chi connectivity index (χ1v) is 9.83. The van der Waals surface area contributed by atoms with Gasteiger partial charge in [-0.15, -0.1) is 0 Å². The number of thioether (sulfide) groups is 1. The zero-order valence-electron chi connectivity index (χ0n) is 15.6. The van der Waals surface area contributed by atoms with Gasteiger partial charge in [-0.25, -0.2) is 19.3 Å². The van der Waals surface area contributed by atoms with Crippen molar-refractivity contribution in [2.45, 2.75) is 32.0 Å². The molecule has 0 aliphatic heterocycles. The normalized spacial score (nSPS) is 11.1. The molecule has 2 heterocycles. The zero-order chi connectivity index (χ0) is 20.1. The fourth-order valence-electron chi connectivity index (χ4n) is 2.50. The van der Waals surface area contributed by atoms with E-state index < -0.39 is 5.82 Å². The number of hydrogen-bond acceptors (Lipinski definition) is 6. The van der Waals surface area contributed by atoms with E-state index in [1.54, 1.807) is 12.1 Å². The fraction of sp³-hybridized carbons (Fsp3) is 0.316. The van der Waals surface area contributed by atoms with E-state index in [0.29, 0.717) is 17.6 Å². The van der Waals surface area contributed by atoms with Crippen LogP contribution in [0.25, 0.3) is 11.2 Å². The van der Waals surface area contributed by atoms with E-state index in [9.17, 15) is 14.0 Å². The van der Waals surface area contributed by atoms with Crippen LogP contribution in [0.2, 0.25) is 0 Å². The minimum Gasteiger partial charge on any atom is -0.323 e. The highest BCUT2D eigenvalue weighted by molar-refractivity contribution is 7.99. The summed E-state index contributed by atoms with van der Waals surface area (Å²) >= 11 is 1.11. The van der Waals surface area contributed by atoms with Crippen molar-refractivity contribution in [3.05, 3.63) is 52.8 Å². The molecule has 0 aliphatic rings. The Balaban J connectivity index is 1.82. The summed E-state index contributed by atoms with van der Waals surface area (Å²) in [6.07, 6.45) is 3.70. The highest BCUT2D eigenvalue weighted by Crippen LogP contribution is 2.19. The molecule has 1 amide bonds. The van der Waals surface area contributed by atoms with Crippen LogP contribution < -0.4 is 10.9 Å². The number of para-hydroxylation sites is 1. The number of carbonyl (C=O) groups is 1. The van der Waals surface area contributed by atoms with Crippen LogP contribution >= 0.6 is 11.8 Å². The van der Waals surface area contributed by atoms with Gasteiger partial charge in [0.15, 0.2) is 16.3 Å². The Labute approximate surface area is 165 Å². The van der Waals surface area contributed by atoms with Crippen LogP contribution in [-0.2, 0) is 11.3 Å². The van der Waals surface area contributed by atoms with Crippen LogP contribution in [0.4, 0.5) is 10.1 Å². The summed E-state index contributed by atoms with van der Waals surface area (Å²) in [7, 11) is 0. The van der Waals surface area contributed by atoms with Crippen molar-refractivity contribution in [2.24, 2.45) is 5.92 Å². The minimum absolute atomic E-state index is 0.0196. The lowest BCUT2D eigenvalue weighted by Crippen LogP contribution is -2.26. The molecule has 0 saturated heterocycles. The van der Waals surface area contributed by atoms with E-state index in [2.05, 4.69) is 34.1 Å². The predicted octanol–water partition coefficient (Wildman–Crippen LogP) is 3.10. The van der Waals surface area contributed by atoms with Gasteiger partial charge in [-0.1, -0.05) is 37.7 Å². The van der Waals surface area contributed by atoms with Crippen molar-refractivity contribution < 1.29 is 9.18 Å². The zero-order valence-corrected chi connectivity index (χ0v) is 16.4. The highest BCUT2D eigenvalue weighted by Gasteiger charge is 2.15. The second kappa shape index (κ2) is 8.92. The molecule has 7 nitrogen and oxygen atoms in total. The number of nitrogens with zero attached hydrogens (tertiary/aromatic N) is 4. The predicted molar refractivity (Wildman–Crippen MR) is 107 cm³/mol. The highest BCUT2D eigenvalue weighted by atomic mass is 32.2. The van der Waals surface area contributed by atoms with Crippen LogP contribution in [0.15, 0.2) is 46.6 Å². The quantitative estimate of drug-likeness (QED) is 0.483. The summed E-state index contributed by atoms with van der Waals surface area (Å²) in [6, 6.07) is 5.95. The largest absolute Gasteiger partial charge is 0.323 e. The number of fused-ring (bicyclic) bond motifs is 1. The molecule has 9 heteroatoms. The molecular formula is C19H20FN5O2S. The maximum absolute atomic E-state index is 13.7. The molecule has 0 unspecified atom stereocenters. The van der Waals surface area contributed by atoms with E-state index in [1.165, 1.54) is 29.1 Å². The Kier molecular flexibility index (Phi) is 6.35. The molecule has 0 radical (unpaired) electrons. The van der Waals surface area contributed by atoms with Gasteiger partial charge in [0.05, 0.1) is 11.4 Å². The molecule has 0 saturated carbocycles. The van der Waals surface area contributed by atoms with Crippen LogP contribution in [0.3, 0.4) is 0 Å². The van der Waals surface area contributed by atoms with Crippen LogP contribution in [0, 0.1) is 11.7 Å². The lowest BCUT2D eigenvalue weighted by atomic mass is 10.1. The van der Waals surface area contributed by atoms with Crippen molar-refractivity contribution in [3.63, 3.8) is 0 Å². The molecule has 28 heavy (non-hydrogen) atoms. The number of carbonyl (C=O) groups excluding carboxylic acids is 1. The molecule has 0 atom stereocenters. The van der Waals surface area contributed by atoms with Crippen molar-refractivity contribution in [1.82, 2.24) is 19.5 Å².